The van der Waals surface area contributed by atoms with E-state index in [1.54, 1.807) is 0 Å². The van der Waals surface area contributed by atoms with Crippen LogP contribution in [0.25, 0.3) is 11.1 Å². The molecular weight excluding hydrogens is 478 g/mol. The molecule has 0 saturated carbocycles. The summed E-state index contributed by atoms with van der Waals surface area (Å²) in [6, 6.07) is 16.5. The molecule has 9 nitrogen and oxygen atoms in total. The van der Waals surface area contributed by atoms with E-state index in [0.717, 1.165) is 0 Å². The maximum Gasteiger partial charge on any atom is 0.407 e. The van der Waals surface area contributed by atoms with E-state index in [1.807, 2.05) is 24.3 Å². The molecule has 0 heterocycles. The van der Waals surface area contributed by atoms with Gasteiger partial charge in [-0.05, 0) is 28.7 Å². The highest BCUT2D eigenvalue weighted by atomic mass is 16.6. The average molecular weight is 516 g/mol. The molecule has 9 heteroatoms. The molecule has 0 aromatic heterocycles. The second-order valence-electron chi connectivity index (χ2n) is 8.38. The highest BCUT2D eigenvalue weighted by molar-refractivity contribution is 5.79. The molecule has 3 rings (SSSR count). The van der Waals surface area contributed by atoms with Gasteiger partial charge in [0.2, 0.25) is 0 Å². The summed E-state index contributed by atoms with van der Waals surface area (Å²) in [5.41, 5.74) is 4.80. The molecule has 202 valence electrons. The third-order valence-corrected chi connectivity index (χ3v) is 5.87. The van der Waals surface area contributed by atoms with Crippen molar-refractivity contribution in [1.29, 1.82) is 0 Å². The fourth-order valence-electron chi connectivity index (χ4n) is 4.03. The van der Waals surface area contributed by atoms with Gasteiger partial charge in [-0.15, -0.1) is 0 Å². The number of fused-ring (bicyclic) bond motifs is 3. The fraction of sp³-hybridized carbons (Fsp3) is 0.500. The molecule has 1 amide bonds. The lowest BCUT2D eigenvalue weighted by Crippen LogP contribution is -2.27. The van der Waals surface area contributed by atoms with Crippen LogP contribution in [0.3, 0.4) is 0 Å². The van der Waals surface area contributed by atoms with E-state index in [1.165, 1.54) is 29.4 Å². The number of methoxy groups -OCH3 is 1. The zero-order valence-corrected chi connectivity index (χ0v) is 21.4. The number of alkyl carbamates (subject to hydrolysis) is 1. The van der Waals surface area contributed by atoms with Gasteiger partial charge in [0.05, 0.1) is 59.8 Å². The lowest BCUT2D eigenvalue weighted by atomic mass is 9.98. The number of amides is 1. The first-order chi connectivity index (χ1) is 18.2. The minimum Gasteiger partial charge on any atom is -0.469 e. The lowest BCUT2D eigenvalue weighted by Gasteiger charge is -2.14. The van der Waals surface area contributed by atoms with Gasteiger partial charge in [0.15, 0.2) is 0 Å². The van der Waals surface area contributed by atoms with Crippen LogP contribution in [0.2, 0.25) is 0 Å². The van der Waals surface area contributed by atoms with Crippen molar-refractivity contribution < 1.29 is 38.0 Å². The Bertz CT molecular complexity index is 921. The summed E-state index contributed by atoms with van der Waals surface area (Å²) in [5.74, 6) is -0.235. The number of nitrogens with one attached hydrogen (secondary N) is 1. The van der Waals surface area contributed by atoms with Crippen LogP contribution < -0.4 is 5.32 Å². The van der Waals surface area contributed by atoms with Gasteiger partial charge in [0.25, 0.3) is 0 Å². The van der Waals surface area contributed by atoms with Crippen LogP contribution in [0.5, 0.6) is 0 Å². The van der Waals surface area contributed by atoms with Crippen molar-refractivity contribution in [3.05, 3.63) is 59.7 Å². The molecular formula is C28H37NO8. The van der Waals surface area contributed by atoms with Gasteiger partial charge in [0, 0.05) is 19.1 Å². The molecule has 2 aromatic rings. The number of rotatable bonds is 18. The molecule has 0 radical (unpaired) electrons. The number of hydrogen-bond donors (Lipinski definition) is 1. The summed E-state index contributed by atoms with van der Waals surface area (Å²) in [4.78, 5) is 23.1. The number of hydrogen-bond acceptors (Lipinski definition) is 8. The highest BCUT2D eigenvalue weighted by Gasteiger charge is 2.28. The van der Waals surface area contributed by atoms with Crippen molar-refractivity contribution in [2.24, 2.45) is 0 Å². The standard InChI is InChI=1S/C28H37NO8/c1-32-27(30)11-14-34-16-18-36-20-19-35-17-15-33-13-6-12-29-28(31)37-21-26-24-9-4-2-7-22(24)23-8-3-5-10-25(23)26/h2-5,7-10,26H,6,11-21H2,1H3,(H,29,31). The Balaban J connectivity index is 1.13. The van der Waals surface area contributed by atoms with E-state index in [0.29, 0.717) is 72.4 Å². The minimum absolute atomic E-state index is 0.0539. The highest BCUT2D eigenvalue weighted by Crippen LogP contribution is 2.44. The fourth-order valence-corrected chi connectivity index (χ4v) is 4.03. The third-order valence-electron chi connectivity index (χ3n) is 5.87. The van der Waals surface area contributed by atoms with E-state index in [2.05, 4.69) is 34.3 Å². The Morgan fingerprint density at radius 1 is 0.730 bits per heavy atom. The lowest BCUT2D eigenvalue weighted by molar-refractivity contribution is -0.141. The van der Waals surface area contributed by atoms with Crippen LogP contribution in [-0.2, 0) is 33.2 Å². The summed E-state index contributed by atoms with van der Waals surface area (Å²) >= 11 is 0. The zero-order chi connectivity index (χ0) is 26.1. The summed E-state index contributed by atoms with van der Waals surface area (Å²) < 4.78 is 31.6. The van der Waals surface area contributed by atoms with Crippen LogP contribution in [0.1, 0.15) is 29.9 Å². The second kappa shape index (κ2) is 16.7. The van der Waals surface area contributed by atoms with Gasteiger partial charge >= 0.3 is 12.1 Å². The topological polar surface area (TPSA) is 102 Å². The van der Waals surface area contributed by atoms with E-state index in [-0.39, 0.29) is 18.3 Å². The zero-order valence-electron chi connectivity index (χ0n) is 21.4. The summed E-state index contributed by atoms with van der Waals surface area (Å²) in [5, 5.41) is 2.78. The van der Waals surface area contributed by atoms with E-state index >= 15 is 0 Å². The van der Waals surface area contributed by atoms with Gasteiger partial charge in [0.1, 0.15) is 6.61 Å². The van der Waals surface area contributed by atoms with E-state index in [9.17, 15) is 9.59 Å². The Morgan fingerprint density at radius 3 is 1.81 bits per heavy atom. The number of esters is 1. The number of ether oxygens (including phenoxy) is 6. The molecule has 0 atom stereocenters. The largest absolute Gasteiger partial charge is 0.469 e. The molecule has 0 unspecified atom stereocenters. The second-order valence-corrected chi connectivity index (χ2v) is 8.38. The van der Waals surface area contributed by atoms with Gasteiger partial charge in [-0.1, -0.05) is 48.5 Å². The van der Waals surface area contributed by atoms with Gasteiger partial charge < -0.3 is 33.7 Å². The van der Waals surface area contributed by atoms with Crippen molar-refractivity contribution in [2.45, 2.75) is 18.8 Å². The van der Waals surface area contributed by atoms with Crippen molar-refractivity contribution in [2.75, 3.05) is 73.1 Å². The molecule has 2 aromatic carbocycles. The quantitative estimate of drug-likeness (QED) is 0.238. The molecule has 0 fully saturated rings. The molecule has 0 aliphatic heterocycles. The predicted octanol–water partition coefficient (Wildman–Crippen LogP) is 3.54. The minimum atomic E-state index is -0.418. The first-order valence-corrected chi connectivity index (χ1v) is 12.7. The molecule has 1 N–H and O–H groups in total. The molecule has 37 heavy (non-hydrogen) atoms. The maximum atomic E-state index is 12.2. The smallest absolute Gasteiger partial charge is 0.407 e. The van der Waals surface area contributed by atoms with E-state index in [4.69, 9.17) is 23.7 Å². The van der Waals surface area contributed by atoms with Crippen molar-refractivity contribution in [3.8, 4) is 11.1 Å². The first-order valence-electron chi connectivity index (χ1n) is 12.7. The SMILES string of the molecule is COC(=O)CCOCCOCCOCCOCCCNC(=O)OCC1c2ccccc2-c2ccccc21. The van der Waals surface area contributed by atoms with Crippen molar-refractivity contribution in [3.63, 3.8) is 0 Å². The third kappa shape index (κ3) is 9.77. The molecule has 1 aliphatic carbocycles. The Labute approximate surface area is 218 Å². The van der Waals surface area contributed by atoms with Crippen LogP contribution in [0.15, 0.2) is 48.5 Å². The van der Waals surface area contributed by atoms with Gasteiger partial charge in [-0.3, -0.25) is 4.79 Å². The maximum absolute atomic E-state index is 12.2. The van der Waals surface area contributed by atoms with E-state index < -0.39 is 6.09 Å². The summed E-state index contributed by atoms with van der Waals surface area (Å²) in [6.45, 7) is 4.37. The Kier molecular flexibility index (Phi) is 12.9. The molecule has 1 aliphatic rings. The average Bonchev–Trinajstić information content (AvgIpc) is 3.25. The van der Waals surface area contributed by atoms with Crippen LogP contribution in [0, 0.1) is 0 Å². The monoisotopic (exact) mass is 515 g/mol. The molecule has 0 saturated heterocycles. The summed E-state index contributed by atoms with van der Waals surface area (Å²) in [7, 11) is 1.35. The number of carbonyl (C=O) groups excluding carboxylic acids is 2. The van der Waals surface area contributed by atoms with Crippen LogP contribution in [0.4, 0.5) is 4.79 Å². The van der Waals surface area contributed by atoms with Crippen LogP contribution >= 0.6 is 0 Å². The molecule has 0 bridgehead atoms. The Morgan fingerprint density at radius 2 is 1.24 bits per heavy atom. The van der Waals surface area contributed by atoms with Crippen LogP contribution in [-0.4, -0.2) is 85.2 Å². The Hall–Kier alpha value is -2.98. The number of carbonyl (C=O) groups is 2. The molecule has 0 spiro atoms. The van der Waals surface area contributed by atoms with Gasteiger partial charge in [-0.25, -0.2) is 4.79 Å². The normalized spacial score (nSPS) is 12.1. The predicted molar refractivity (Wildman–Crippen MR) is 138 cm³/mol. The van der Waals surface area contributed by atoms with Crippen molar-refractivity contribution >= 4 is 12.1 Å². The van der Waals surface area contributed by atoms with Gasteiger partial charge in [-0.2, -0.15) is 0 Å². The van der Waals surface area contributed by atoms with Crippen molar-refractivity contribution in [1.82, 2.24) is 5.32 Å². The summed E-state index contributed by atoms with van der Waals surface area (Å²) in [6.07, 6.45) is 0.507. The number of benzene rings is 2. The first kappa shape index (κ1) is 28.6.